The number of ether oxygens (including phenoxy) is 1. The van der Waals surface area contributed by atoms with Gasteiger partial charge >= 0.3 is 5.97 Å². The Bertz CT molecular complexity index is 1110. The summed E-state index contributed by atoms with van der Waals surface area (Å²) in [4.78, 5) is 12.7. The van der Waals surface area contributed by atoms with Crippen molar-refractivity contribution in [1.29, 1.82) is 0 Å². The highest BCUT2D eigenvalue weighted by atomic mass is 19.2. The molecule has 0 amide bonds. The number of halogens is 5. The number of rotatable bonds is 2. The first-order valence-corrected chi connectivity index (χ1v) is 9.28. The van der Waals surface area contributed by atoms with E-state index in [9.17, 15) is 26.7 Å². The lowest BCUT2D eigenvalue weighted by Crippen LogP contribution is -2.16. The normalized spacial score (nSPS) is 13.1. The van der Waals surface area contributed by atoms with Crippen molar-refractivity contribution in [3.8, 4) is 5.75 Å². The van der Waals surface area contributed by atoms with Gasteiger partial charge in [0.2, 0.25) is 34.8 Å². The van der Waals surface area contributed by atoms with Gasteiger partial charge in [0.05, 0.1) is 5.56 Å². The van der Waals surface area contributed by atoms with E-state index in [1.807, 2.05) is 30.3 Å². The zero-order valence-corrected chi connectivity index (χ0v) is 15.6. The average molecular weight is 418 g/mol. The van der Waals surface area contributed by atoms with Crippen molar-refractivity contribution >= 4 is 5.97 Å². The van der Waals surface area contributed by atoms with Crippen LogP contribution >= 0.6 is 0 Å². The van der Waals surface area contributed by atoms with Gasteiger partial charge in [-0.1, -0.05) is 36.4 Å². The molecule has 4 aliphatic rings. The topological polar surface area (TPSA) is 26.3 Å². The van der Waals surface area contributed by atoms with Crippen molar-refractivity contribution in [1.82, 2.24) is 0 Å². The van der Waals surface area contributed by atoms with E-state index in [0.29, 0.717) is 31.2 Å². The number of esters is 1. The smallest absolute Gasteiger partial charge is 0.344 e. The standard InChI is InChI=1S/C23H15F5O2/c24-17-18(25)20(27)22(21(28)19(17)26)30-23(29)16-11-14-6-5-12-1-3-13(4-2-12)7-9-15(16)10-8-14/h1-4,8,10-11H,5-7,9H2. The van der Waals surface area contributed by atoms with Crippen molar-refractivity contribution in [2.24, 2.45) is 0 Å². The van der Waals surface area contributed by atoms with Gasteiger partial charge < -0.3 is 4.74 Å². The molecule has 7 heteroatoms. The SMILES string of the molecule is O=C(Oc1c(F)c(F)c(F)c(F)c1F)c1cc2ccc1CCc1ccc(cc1)CC2. The lowest BCUT2D eigenvalue weighted by molar-refractivity contribution is 0.0714. The molecule has 30 heavy (non-hydrogen) atoms. The quantitative estimate of drug-likeness (QED) is 0.181. The third kappa shape index (κ3) is 3.67. The fourth-order valence-corrected chi connectivity index (χ4v) is 3.45. The van der Waals surface area contributed by atoms with Crippen LogP contribution in [0, 0.1) is 29.1 Å². The van der Waals surface area contributed by atoms with Crippen LogP contribution in [-0.2, 0) is 25.7 Å². The summed E-state index contributed by atoms with van der Waals surface area (Å²) in [5.74, 6) is -13.8. The summed E-state index contributed by atoms with van der Waals surface area (Å²) >= 11 is 0. The van der Waals surface area contributed by atoms with E-state index in [-0.39, 0.29) is 5.56 Å². The maximum Gasteiger partial charge on any atom is 0.344 e. The number of hydrogen-bond donors (Lipinski definition) is 0. The minimum atomic E-state index is -2.31. The highest BCUT2D eigenvalue weighted by Gasteiger charge is 2.29. The predicted molar refractivity (Wildman–Crippen MR) is 98.9 cm³/mol. The Morgan fingerprint density at radius 1 is 0.633 bits per heavy atom. The second-order valence-corrected chi connectivity index (χ2v) is 7.10. The molecule has 3 aromatic rings. The molecular formula is C23H15F5O2. The summed E-state index contributed by atoms with van der Waals surface area (Å²) in [6.45, 7) is 0. The van der Waals surface area contributed by atoms with E-state index in [1.54, 1.807) is 6.07 Å². The molecule has 0 N–H and O–H groups in total. The molecule has 0 radical (unpaired) electrons. The van der Waals surface area contributed by atoms with Crippen LogP contribution in [0.5, 0.6) is 5.75 Å². The average Bonchev–Trinajstić information content (AvgIpc) is 2.75. The van der Waals surface area contributed by atoms with Crippen molar-refractivity contribution < 1.29 is 31.5 Å². The molecule has 0 aliphatic heterocycles. The van der Waals surface area contributed by atoms with Crippen molar-refractivity contribution in [2.45, 2.75) is 25.7 Å². The van der Waals surface area contributed by atoms with Crippen LogP contribution in [0.4, 0.5) is 22.0 Å². The monoisotopic (exact) mass is 418 g/mol. The van der Waals surface area contributed by atoms with Gasteiger partial charge in [-0.05, 0) is 54.0 Å². The lowest BCUT2D eigenvalue weighted by Gasteiger charge is -2.14. The third-order valence-corrected chi connectivity index (χ3v) is 5.17. The van der Waals surface area contributed by atoms with Gasteiger partial charge in [-0.2, -0.15) is 8.78 Å². The van der Waals surface area contributed by atoms with Gasteiger partial charge in [0.25, 0.3) is 0 Å². The van der Waals surface area contributed by atoms with Crippen LogP contribution in [-0.4, -0.2) is 5.97 Å². The summed E-state index contributed by atoms with van der Waals surface area (Å²) < 4.78 is 72.6. The Morgan fingerprint density at radius 2 is 1.10 bits per heavy atom. The molecule has 0 spiro atoms. The first-order valence-electron chi connectivity index (χ1n) is 9.28. The zero-order valence-electron chi connectivity index (χ0n) is 15.6. The molecule has 4 bridgehead atoms. The van der Waals surface area contributed by atoms with Crippen LogP contribution < -0.4 is 4.74 Å². The molecule has 0 unspecified atom stereocenters. The van der Waals surface area contributed by atoms with Crippen molar-refractivity contribution in [2.75, 3.05) is 0 Å². The van der Waals surface area contributed by atoms with Gasteiger partial charge in [-0.3, -0.25) is 0 Å². The summed E-state index contributed by atoms with van der Waals surface area (Å²) in [6, 6.07) is 13.2. The largest absolute Gasteiger partial charge is 0.416 e. The van der Waals surface area contributed by atoms with Crippen LogP contribution in [0.25, 0.3) is 0 Å². The predicted octanol–water partition coefficient (Wildman–Crippen LogP) is 5.49. The van der Waals surface area contributed by atoms with Crippen LogP contribution in [0.3, 0.4) is 0 Å². The number of benzene rings is 3. The van der Waals surface area contributed by atoms with Crippen LogP contribution in [0.2, 0.25) is 0 Å². The molecule has 0 saturated heterocycles. The minimum absolute atomic E-state index is 0.0337. The Hall–Kier alpha value is -3.22. The summed E-state index contributed by atoms with van der Waals surface area (Å²) in [5.41, 5.74) is 3.54. The molecule has 0 fully saturated rings. The van der Waals surface area contributed by atoms with Crippen LogP contribution in [0.15, 0.2) is 42.5 Å². The van der Waals surface area contributed by atoms with E-state index < -0.39 is 40.8 Å². The number of aryl methyl sites for hydroxylation is 4. The molecule has 0 atom stereocenters. The summed E-state index contributed by atoms with van der Waals surface area (Å²) in [7, 11) is 0. The van der Waals surface area contributed by atoms with E-state index in [0.717, 1.165) is 16.7 Å². The first kappa shape index (κ1) is 20.1. The molecule has 0 aromatic heterocycles. The molecule has 2 nitrogen and oxygen atoms in total. The third-order valence-electron chi connectivity index (χ3n) is 5.17. The molecule has 3 aromatic carbocycles. The van der Waals surface area contributed by atoms with Gasteiger partial charge in [-0.25, -0.2) is 18.0 Å². The molecule has 0 saturated carbocycles. The van der Waals surface area contributed by atoms with E-state index in [1.165, 1.54) is 6.07 Å². The van der Waals surface area contributed by atoms with E-state index >= 15 is 0 Å². The summed E-state index contributed by atoms with van der Waals surface area (Å²) in [5, 5.41) is 0. The van der Waals surface area contributed by atoms with Crippen molar-refractivity contribution in [3.63, 3.8) is 0 Å². The molecule has 7 rings (SSSR count). The van der Waals surface area contributed by atoms with E-state index in [2.05, 4.69) is 4.74 Å². The summed E-state index contributed by atoms with van der Waals surface area (Å²) in [6.07, 6.45) is 2.35. The second kappa shape index (κ2) is 7.89. The molecule has 0 heterocycles. The van der Waals surface area contributed by atoms with E-state index in [4.69, 9.17) is 0 Å². The molecule has 4 aliphatic carbocycles. The molecular weight excluding hydrogens is 403 g/mol. The Kier molecular flexibility index (Phi) is 5.28. The van der Waals surface area contributed by atoms with Gasteiger partial charge in [-0.15, -0.1) is 0 Å². The highest BCUT2D eigenvalue weighted by molar-refractivity contribution is 5.93. The van der Waals surface area contributed by atoms with Gasteiger partial charge in [0.15, 0.2) is 0 Å². The maximum absolute atomic E-state index is 13.9. The highest BCUT2D eigenvalue weighted by Crippen LogP contribution is 2.30. The van der Waals surface area contributed by atoms with Crippen LogP contribution in [0.1, 0.15) is 32.6 Å². The molecule has 154 valence electrons. The Balaban J connectivity index is 1.70. The Labute approximate surface area is 168 Å². The van der Waals surface area contributed by atoms with Gasteiger partial charge in [0, 0.05) is 0 Å². The number of hydrogen-bond acceptors (Lipinski definition) is 2. The maximum atomic E-state index is 13.9. The number of carbonyl (C=O) groups excluding carboxylic acids is 1. The second-order valence-electron chi connectivity index (χ2n) is 7.10. The van der Waals surface area contributed by atoms with Crippen molar-refractivity contribution in [3.05, 3.63) is 99.4 Å². The Morgan fingerprint density at radius 3 is 1.70 bits per heavy atom. The fraction of sp³-hybridized carbons (Fsp3) is 0.174. The minimum Gasteiger partial charge on any atom is -0.416 e. The fourth-order valence-electron chi connectivity index (χ4n) is 3.45. The first-order chi connectivity index (χ1) is 14.3. The lowest BCUT2D eigenvalue weighted by atomic mass is 9.93. The van der Waals surface area contributed by atoms with Gasteiger partial charge in [0.1, 0.15) is 0 Å². The zero-order chi connectivity index (χ0) is 21.4. The number of carbonyl (C=O) groups is 1.